The van der Waals surface area contributed by atoms with Crippen LogP contribution in [0, 0.1) is 11.8 Å². The molecule has 0 aliphatic carbocycles. The summed E-state index contributed by atoms with van der Waals surface area (Å²) < 4.78 is 48.8. The molecule has 1 atom stereocenters. The second-order valence-corrected chi connectivity index (χ2v) is 15.5. The molecule has 0 spiro atoms. The SMILES string of the molecule is CS(=O)(=O)c1ccc(CNC(=O)C=CC2CCN(CCC(c3ccccc3)C3CCN(S(C)(=O)=O)CC3)CC2)cc1. The number of rotatable bonds is 11. The molecule has 10 heteroatoms. The largest absolute Gasteiger partial charge is 0.348 e. The standard InChI is InChI=1S/C31H43N3O5S2/c1-40(36,37)29-11-8-26(9-12-29)24-32-31(35)13-10-25-14-19-33(20-15-25)21-18-30(27-6-4-3-5-7-27)28-16-22-34(23-17-28)41(2,38)39/h3-13,25,28,30H,14-24H2,1-2H3,(H,32,35). The third-order valence-corrected chi connectivity index (χ3v) is 10.9. The normalized spacial score (nSPS) is 19.4. The summed E-state index contributed by atoms with van der Waals surface area (Å²) in [6, 6.07) is 17.2. The molecular weight excluding hydrogens is 558 g/mol. The highest BCUT2D eigenvalue weighted by Crippen LogP contribution is 2.36. The maximum absolute atomic E-state index is 12.3. The highest BCUT2D eigenvalue weighted by molar-refractivity contribution is 7.90. The van der Waals surface area contributed by atoms with Crippen molar-refractivity contribution < 1.29 is 21.6 Å². The van der Waals surface area contributed by atoms with Gasteiger partial charge in [-0.15, -0.1) is 0 Å². The number of carbonyl (C=O) groups excluding carboxylic acids is 1. The van der Waals surface area contributed by atoms with Crippen LogP contribution in [0.15, 0.2) is 71.6 Å². The van der Waals surface area contributed by atoms with Crippen LogP contribution in [0.3, 0.4) is 0 Å². The van der Waals surface area contributed by atoms with Crippen molar-refractivity contribution in [3.05, 3.63) is 77.9 Å². The highest BCUT2D eigenvalue weighted by atomic mass is 32.2. The Morgan fingerprint density at radius 2 is 1.54 bits per heavy atom. The van der Waals surface area contributed by atoms with Crippen molar-refractivity contribution in [1.82, 2.24) is 14.5 Å². The number of sulfone groups is 1. The van der Waals surface area contributed by atoms with Crippen molar-refractivity contribution in [3.63, 3.8) is 0 Å². The van der Waals surface area contributed by atoms with Crippen LogP contribution in [-0.2, 0) is 31.2 Å². The van der Waals surface area contributed by atoms with Gasteiger partial charge in [0.1, 0.15) is 0 Å². The Hall–Kier alpha value is -2.53. The summed E-state index contributed by atoms with van der Waals surface area (Å²) in [4.78, 5) is 15.1. The number of sulfonamides is 1. The molecule has 2 heterocycles. The topological polar surface area (TPSA) is 104 Å². The van der Waals surface area contributed by atoms with Gasteiger partial charge in [-0.2, -0.15) is 0 Å². The number of likely N-dealkylation sites (tertiary alicyclic amines) is 1. The van der Waals surface area contributed by atoms with Crippen LogP contribution in [0.2, 0.25) is 0 Å². The summed E-state index contributed by atoms with van der Waals surface area (Å²) in [6.07, 6.45) is 11.0. The Labute approximate surface area is 245 Å². The van der Waals surface area contributed by atoms with Crippen LogP contribution < -0.4 is 5.32 Å². The first-order chi connectivity index (χ1) is 19.5. The van der Waals surface area contributed by atoms with Crippen molar-refractivity contribution >= 4 is 25.8 Å². The molecule has 2 fully saturated rings. The molecule has 1 amide bonds. The Morgan fingerprint density at radius 1 is 0.902 bits per heavy atom. The lowest BCUT2D eigenvalue weighted by Crippen LogP contribution is -2.40. The Morgan fingerprint density at radius 3 is 2.12 bits per heavy atom. The Kier molecular flexibility index (Phi) is 10.8. The first-order valence-corrected chi connectivity index (χ1v) is 18.2. The molecule has 0 radical (unpaired) electrons. The molecule has 0 aromatic heterocycles. The van der Waals surface area contributed by atoms with E-state index in [0.29, 0.717) is 37.4 Å². The monoisotopic (exact) mass is 601 g/mol. The molecule has 0 bridgehead atoms. The number of hydrogen-bond donors (Lipinski definition) is 1. The fourth-order valence-corrected chi connectivity index (χ4v) is 7.51. The average molecular weight is 602 g/mol. The maximum atomic E-state index is 12.3. The smallest absolute Gasteiger partial charge is 0.243 e. The van der Waals surface area contributed by atoms with Crippen molar-refractivity contribution in [2.75, 3.05) is 45.2 Å². The van der Waals surface area contributed by atoms with Crippen LogP contribution in [0.4, 0.5) is 0 Å². The lowest BCUT2D eigenvalue weighted by molar-refractivity contribution is -0.116. The number of nitrogens with zero attached hydrogens (tertiary/aromatic N) is 2. The van der Waals surface area contributed by atoms with Crippen molar-refractivity contribution in [2.24, 2.45) is 11.8 Å². The number of benzene rings is 2. The van der Waals surface area contributed by atoms with Crippen LogP contribution in [0.5, 0.6) is 0 Å². The first kappa shape index (κ1) is 31.4. The molecule has 2 aromatic carbocycles. The predicted octanol–water partition coefficient (Wildman–Crippen LogP) is 3.82. The van der Waals surface area contributed by atoms with Gasteiger partial charge in [-0.05, 0) is 98.8 Å². The van der Waals surface area contributed by atoms with E-state index in [1.807, 2.05) is 12.1 Å². The summed E-state index contributed by atoms with van der Waals surface area (Å²) in [6.45, 7) is 4.57. The van der Waals surface area contributed by atoms with Crippen LogP contribution >= 0.6 is 0 Å². The molecule has 2 aliphatic heterocycles. The molecule has 0 saturated carbocycles. The van der Waals surface area contributed by atoms with E-state index < -0.39 is 19.9 Å². The molecule has 224 valence electrons. The fourth-order valence-electron chi connectivity index (χ4n) is 6.00. The lowest BCUT2D eigenvalue weighted by Gasteiger charge is -2.37. The summed E-state index contributed by atoms with van der Waals surface area (Å²) in [7, 11) is -6.36. The van der Waals surface area contributed by atoms with Crippen LogP contribution in [0.25, 0.3) is 0 Å². The molecule has 2 aromatic rings. The van der Waals surface area contributed by atoms with Gasteiger partial charge in [0, 0.05) is 25.9 Å². The number of hydrogen-bond acceptors (Lipinski definition) is 6. The van der Waals surface area contributed by atoms with E-state index >= 15 is 0 Å². The van der Waals surface area contributed by atoms with Gasteiger partial charge >= 0.3 is 0 Å². The fraction of sp³-hybridized carbons (Fsp3) is 0.516. The van der Waals surface area contributed by atoms with Crippen molar-refractivity contribution in [3.8, 4) is 0 Å². The van der Waals surface area contributed by atoms with Crippen LogP contribution in [-0.4, -0.2) is 77.2 Å². The van der Waals surface area contributed by atoms with Gasteiger partial charge in [-0.25, -0.2) is 21.1 Å². The van der Waals surface area contributed by atoms with Gasteiger partial charge in [0.15, 0.2) is 9.84 Å². The summed E-state index contributed by atoms with van der Waals surface area (Å²) in [5.74, 6) is 1.12. The van der Waals surface area contributed by atoms with Crippen molar-refractivity contribution in [2.45, 2.75) is 49.5 Å². The summed E-state index contributed by atoms with van der Waals surface area (Å²) in [5, 5.41) is 2.87. The van der Waals surface area contributed by atoms with E-state index in [0.717, 1.165) is 57.3 Å². The van der Waals surface area contributed by atoms with E-state index in [4.69, 9.17) is 0 Å². The molecule has 2 saturated heterocycles. The summed E-state index contributed by atoms with van der Waals surface area (Å²) >= 11 is 0. The maximum Gasteiger partial charge on any atom is 0.243 e. The number of carbonyl (C=O) groups is 1. The second-order valence-electron chi connectivity index (χ2n) is 11.5. The molecule has 4 rings (SSSR count). The predicted molar refractivity (Wildman–Crippen MR) is 163 cm³/mol. The zero-order valence-corrected chi connectivity index (χ0v) is 25.7. The summed E-state index contributed by atoms with van der Waals surface area (Å²) in [5.41, 5.74) is 2.20. The van der Waals surface area contributed by atoms with E-state index in [1.54, 1.807) is 34.6 Å². The van der Waals surface area contributed by atoms with Gasteiger partial charge in [0.25, 0.3) is 0 Å². The van der Waals surface area contributed by atoms with Gasteiger partial charge in [0.2, 0.25) is 15.9 Å². The highest BCUT2D eigenvalue weighted by Gasteiger charge is 2.31. The number of nitrogens with one attached hydrogen (secondary N) is 1. The van der Waals surface area contributed by atoms with Crippen molar-refractivity contribution in [1.29, 1.82) is 0 Å². The van der Waals surface area contributed by atoms with Gasteiger partial charge < -0.3 is 10.2 Å². The van der Waals surface area contributed by atoms with Crippen LogP contribution in [0.1, 0.15) is 49.1 Å². The third-order valence-electron chi connectivity index (χ3n) is 8.49. The molecule has 8 nitrogen and oxygen atoms in total. The molecule has 2 aliphatic rings. The van der Waals surface area contributed by atoms with Gasteiger partial charge in [-0.3, -0.25) is 4.79 Å². The molecule has 1 unspecified atom stereocenters. The van der Waals surface area contributed by atoms with E-state index in [9.17, 15) is 21.6 Å². The molecular formula is C31H43N3O5S2. The third kappa shape index (κ3) is 9.49. The number of piperidine rings is 2. The zero-order chi connectivity index (χ0) is 29.5. The average Bonchev–Trinajstić information content (AvgIpc) is 2.96. The van der Waals surface area contributed by atoms with Gasteiger partial charge in [-0.1, -0.05) is 48.5 Å². The quantitative estimate of drug-likeness (QED) is 0.393. The minimum Gasteiger partial charge on any atom is -0.348 e. The zero-order valence-electron chi connectivity index (χ0n) is 24.1. The minimum absolute atomic E-state index is 0.146. The Bertz CT molecular complexity index is 1380. The molecule has 1 N–H and O–H groups in total. The minimum atomic E-state index is -3.23. The second kappa shape index (κ2) is 14.1. The Balaban J connectivity index is 1.22. The van der Waals surface area contributed by atoms with E-state index in [1.165, 1.54) is 18.1 Å². The van der Waals surface area contributed by atoms with Gasteiger partial charge in [0.05, 0.1) is 11.2 Å². The van der Waals surface area contributed by atoms with E-state index in [2.05, 4.69) is 34.5 Å². The van der Waals surface area contributed by atoms with E-state index in [-0.39, 0.29) is 10.8 Å². The lowest BCUT2D eigenvalue weighted by atomic mass is 9.78. The first-order valence-electron chi connectivity index (χ1n) is 14.5. The number of allylic oxidation sites excluding steroid dienone is 1. The number of amides is 1. The molecule has 41 heavy (non-hydrogen) atoms.